The molecule has 0 saturated carbocycles. The summed E-state index contributed by atoms with van der Waals surface area (Å²) in [6, 6.07) is 16.0. The maximum absolute atomic E-state index is 13.2. The Morgan fingerprint density at radius 3 is 2.43 bits per heavy atom. The normalized spacial score (nSPS) is 10.7. The minimum atomic E-state index is -0.272. The van der Waals surface area contributed by atoms with Gasteiger partial charge in [-0.05, 0) is 36.4 Å². The van der Waals surface area contributed by atoms with Gasteiger partial charge < -0.3 is 4.57 Å². The van der Waals surface area contributed by atoms with Crippen LogP contribution < -0.4 is 0 Å². The van der Waals surface area contributed by atoms with Crippen LogP contribution in [0.2, 0.25) is 0 Å². The first-order valence-electron chi connectivity index (χ1n) is 6.88. The Labute approximate surface area is 142 Å². The highest BCUT2D eigenvalue weighted by Gasteiger charge is 2.12. The largest absolute Gasteiger partial charge is 0.308 e. The van der Waals surface area contributed by atoms with Crippen molar-refractivity contribution in [3.63, 3.8) is 0 Å². The highest BCUT2D eigenvalue weighted by Crippen LogP contribution is 2.31. The molecule has 0 fully saturated rings. The first-order chi connectivity index (χ1) is 10.8. The van der Waals surface area contributed by atoms with Crippen LogP contribution in [-0.4, -0.2) is 15.8 Å². The SMILES string of the molecule is Br.O=Cc1cc2c3ccccc3n(-c3ccc(F)cc3)c2cn1. The molecule has 2 aromatic heterocycles. The maximum Gasteiger partial charge on any atom is 0.168 e. The van der Waals surface area contributed by atoms with E-state index in [0.29, 0.717) is 5.69 Å². The summed E-state index contributed by atoms with van der Waals surface area (Å²) in [7, 11) is 0. The summed E-state index contributed by atoms with van der Waals surface area (Å²) in [5.41, 5.74) is 3.13. The average Bonchev–Trinajstić information content (AvgIpc) is 2.89. The number of hydrogen-bond acceptors (Lipinski definition) is 2. The highest BCUT2D eigenvalue weighted by atomic mass is 79.9. The fourth-order valence-corrected chi connectivity index (χ4v) is 2.82. The standard InChI is InChI=1S/C18H11FN2O.BrH/c19-12-5-7-14(8-6-12)21-17-4-2-1-3-15(17)16-9-13(11-22)20-10-18(16)21;/h1-11H;1H. The zero-order valence-electron chi connectivity index (χ0n) is 11.9. The Bertz CT molecular complexity index is 1010. The van der Waals surface area contributed by atoms with Gasteiger partial charge in [0.05, 0.1) is 17.2 Å². The van der Waals surface area contributed by atoms with Gasteiger partial charge in [0, 0.05) is 16.5 Å². The maximum atomic E-state index is 13.2. The minimum absolute atomic E-state index is 0. The molecular formula is C18H12BrFN2O. The molecule has 2 aromatic carbocycles. The first kappa shape index (κ1) is 15.4. The Balaban J connectivity index is 0.00000156. The third-order valence-electron chi connectivity index (χ3n) is 3.79. The number of hydrogen-bond donors (Lipinski definition) is 0. The summed E-state index contributed by atoms with van der Waals surface area (Å²) in [6.45, 7) is 0. The van der Waals surface area contributed by atoms with Gasteiger partial charge in [0.25, 0.3) is 0 Å². The van der Waals surface area contributed by atoms with Crippen molar-refractivity contribution in [1.82, 2.24) is 9.55 Å². The lowest BCUT2D eigenvalue weighted by Gasteiger charge is -2.07. The number of aldehydes is 1. The molecule has 5 heteroatoms. The van der Waals surface area contributed by atoms with Crippen LogP contribution in [-0.2, 0) is 0 Å². The molecule has 0 aliphatic carbocycles. The summed E-state index contributed by atoms with van der Waals surface area (Å²) in [5.74, 6) is -0.272. The summed E-state index contributed by atoms with van der Waals surface area (Å²) in [4.78, 5) is 15.2. The molecule has 0 atom stereocenters. The highest BCUT2D eigenvalue weighted by molar-refractivity contribution is 8.93. The van der Waals surface area contributed by atoms with Crippen molar-refractivity contribution in [3.05, 3.63) is 72.3 Å². The van der Waals surface area contributed by atoms with E-state index in [4.69, 9.17) is 0 Å². The van der Waals surface area contributed by atoms with Crippen molar-refractivity contribution in [2.24, 2.45) is 0 Å². The second kappa shape index (κ2) is 5.93. The third-order valence-corrected chi connectivity index (χ3v) is 3.79. The molecule has 3 nitrogen and oxygen atoms in total. The number of nitrogens with zero attached hydrogens (tertiary/aromatic N) is 2. The number of carbonyl (C=O) groups excluding carboxylic acids is 1. The minimum Gasteiger partial charge on any atom is -0.308 e. The first-order valence-corrected chi connectivity index (χ1v) is 6.88. The molecule has 0 spiro atoms. The van der Waals surface area contributed by atoms with Gasteiger partial charge in [-0.15, -0.1) is 17.0 Å². The lowest BCUT2D eigenvalue weighted by molar-refractivity contribution is 0.111. The Hall–Kier alpha value is -2.53. The Kier molecular flexibility index (Phi) is 3.96. The lowest BCUT2D eigenvalue weighted by atomic mass is 10.2. The number of rotatable bonds is 2. The number of pyridine rings is 1. The van der Waals surface area contributed by atoms with Crippen molar-refractivity contribution in [1.29, 1.82) is 0 Å². The van der Waals surface area contributed by atoms with Gasteiger partial charge in [0.1, 0.15) is 11.5 Å². The number of fused-ring (bicyclic) bond motifs is 3. The smallest absolute Gasteiger partial charge is 0.168 e. The van der Waals surface area contributed by atoms with Crippen molar-refractivity contribution in [3.8, 4) is 5.69 Å². The number of benzene rings is 2. The van der Waals surface area contributed by atoms with E-state index in [-0.39, 0.29) is 22.8 Å². The molecule has 0 aliphatic heterocycles. The van der Waals surface area contributed by atoms with E-state index in [1.54, 1.807) is 24.4 Å². The van der Waals surface area contributed by atoms with Crippen LogP contribution in [0.25, 0.3) is 27.5 Å². The second-order valence-corrected chi connectivity index (χ2v) is 5.07. The molecule has 0 amide bonds. The number of para-hydroxylation sites is 1. The Morgan fingerprint density at radius 1 is 0.957 bits per heavy atom. The van der Waals surface area contributed by atoms with Crippen LogP contribution in [0.3, 0.4) is 0 Å². The molecule has 4 aromatic rings. The summed E-state index contributed by atoms with van der Waals surface area (Å²) in [5, 5.41) is 1.99. The van der Waals surface area contributed by atoms with Gasteiger partial charge in [-0.25, -0.2) is 4.39 Å². The van der Waals surface area contributed by atoms with Gasteiger partial charge in [0.15, 0.2) is 6.29 Å². The molecule has 23 heavy (non-hydrogen) atoms. The topological polar surface area (TPSA) is 34.9 Å². The van der Waals surface area contributed by atoms with Crippen molar-refractivity contribution in [2.75, 3.05) is 0 Å². The fraction of sp³-hybridized carbons (Fsp3) is 0. The predicted octanol–water partition coefficient (Wildman–Crippen LogP) is 4.71. The summed E-state index contributed by atoms with van der Waals surface area (Å²) in [6.07, 6.45) is 2.42. The molecule has 0 saturated heterocycles. The van der Waals surface area contributed by atoms with E-state index in [1.807, 2.05) is 28.8 Å². The molecule has 4 rings (SSSR count). The van der Waals surface area contributed by atoms with Crippen molar-refractivity contribution < 1.29 is 9.18 Å². The predicted molar refractivity (Wildman–Crippen MR) is 94.2 cm³/mol. The molecule has 0 radical (unpaired) electrons. The molecule has 0 aliphatic rings. The average molecular weight is 371 g/mol. The number of carbonyl (C=O) groups is 1. The quantitative estimate of drug-likeness (QED) is 0.479. The number of halogens is 2. The number of aromatic nitrogens is 2. The van der Waals surface area contributed by atoms with E-state index in [2.05, 4.69) is 4.98 Å². The van der Waals surface area contributed by atoms with Crippen molar-refractivity contribution in [2.45, 2.75) is 0 Å². The molecule has 2 heterocycles. The molecule has 0 unspecified atom stereocenters. The molecule has 0 bridgehead atoms. The van der Waals surface area contributed by atoms with Crippen LogP contribution in [0.1, 0.15) is 10.5 Å². The van der Waals surface area contributed by atoms with Crippen LogP contribution in [0.15, 0.2) is 60.8 Å². The van der Waals surface area contributed by atoms with E-state index >= 15 is 0 Å². The third kappa shape index (κ3) is 2.43. The van der Waals surface area contributed by atoms with E-state index in [1.165, 1.54) is 12.1 Å². The van der Waals surface area contributed by atoms with Crippen molar-refractivity contribution >= 4 is 45.1 Å². The van der Waals surface area contributed by atoms with E-state index in [9.17, 15) is 9.18 Å². The lowest BCUT2D eigenvalue weighted by Crippen LogP contribution is -1.95. The van der Waals surface area contributed by atoms with Gasteiger partial charge >= 0.3 is 0 Å². The zero-order valence-corrected chi connectivity index (χ0v) is 13.7. The van der Waals surface area contributed by atoms with Gasteiger partial charge in [-0.1, -0.05) is 18.2 Å². The summed E-state index contributed by atoms with van der Waals surface area (Å²) >= 11 is 0. The van der Waals surface area contributed by atoms with Gasteiger partial charge in [-0.2, -0.15) is 0 Å². The van der Waals surface area contributed by atoms with E-state index < -0.39 is 0 Å². The zero-order chi connectivity index (χ0) is 15.1. The van der Waals surface area contributed by atoms with Crippen LogP contribution in [0.5, 0.6) is 0 Å². The van der Waals surface area contributed by atoms with Crippen LogP contribution >= 0.6 is 17.0 Å². The second-order valence-electron chi connectivity index (χ2n) is 5.07. The van der Waals surface area contributed by atoms with E-state index in [0.717, 1.165) is 33.8 Å². The Morgan fingerprint density at radius 2 is 1.70 bits per heavy atom. The monoisotopic (exact) mass is 370 g/mol. The van der Waals surface area contributed by atoms with Crippen LogP contribution in [0.4, 0.5) is 4.39 Å². The van der Waals surface area contributed by atoms with Gasteiger partial charge in [0.2, 0.25) is 0 Å². The fourth-order valence-electron chi connectivity index (χ4n) is 2.82. The summed E-state index contributed by atoms with van der Waals surface area (Å²) < 4.78 is 15.2. The van der Waals surface area contributed by atoms with Crippen LogP contribution in [0, 0.1) is 5.82 Å². The molecule has 0 N–H and O–H groups in total. The van der Waals surface area contributed by atoms with Gasteiger partial charge in [-0.3, -0.25) is 9.78 Å². The molecular weight excluding hydrogens is 359 g/mol. The molecule has 114 valence electrons.